The fraction of sp³-hybridized carbons (Fsp3) is 0.267. The summed E-state index contributed by atoms with van der Waals surface area (Å²) in [6.45, 7) is 2.06. The highest BCUT2D eigenvalue weighted by molar-refractivity contribution is 5.65. The number of methoxy groups -OCH3 is 2. The van der Waals surface area contributed by atoms with Crippen LogP contribution in [0.1, 0.15) is 18.5 Å². The maximum absolute atomic E-state index is 5.88. The van der Waals surface area contributed by atoms with E-state index in [1.54, 1.807) is 26.6 Å². The molecule has 106 valence electrons. The molecule has 0 spiro atoms. The Hall–Kier alpha value is -2.43. The van der Waals surface area contributed by atoms with Crippen molar-refractivity contribution in [2.75, 3.05) is 25.3 Å². The van der Waals surface area contributed by atoms with E-state index in [2.05, 4.69) is 17.2 Å². The monoisotopic (exact) mass is 273 g/mol. The predicted octanol–water partition coefficient (Wildman–Crippen LogP) is 2.85. The van der Waals surface area contributed by atoms with Crippen LogP contribution in [0.15, 0.2) is 36.7 Å². The van der Waals surface area contributed by atoms with Crippen LogP contribution in [0.5, 0.6) is 11.5 Å². The van der Waals surface area contributed by atoms with Crippen LogP contribution >= 0.6 is 0 Å². The first-order valence-electron chi connectivity index (χ1n) is 6.33. The molecule has 0 aliphatic rings. The van der Waals surface area contributed by atoms with E-state index in [-0.39, 0.29) is 6.04 Å². The summed E-state index contributed by atoms with van der Waals surface area (Å²) in [6.07, 6.45) is 3.34. The molecule has 1 unspecified atom stereocenters. The maximum Gasteiger partial charge on any atom is 0.161 e. The van der Waals surface area contributed by atoms with E-state index in [4.69, 9.17) is 15.2 Å². The van der Waals surface area contributed by atoms with Crippen LogP contribution in [0.3, 0.4) is 0 Å². The van der Waals surface area contributed by atoms with Crippen LogP contribution in [0.25, 0.3) is 0 Å². The molecule has 0 aliphatic heterocycles. The van der Waals surface area contributed by atoms with Crippen molar-refractivity contribution < 1.29 is 9.47 Å². The molecule has 2 aromatic rings. The molecule has 0 amide bonds. The van der Waals surface area contributed by atoms with Crippen LogP contribution in [-0.4, -0.2) is 19.2 Å². The standard InChI is InChI=1S/C15H19N3O2/c1-10(18-13-6-7-17-9-12(13)16)11-4-5-14(19-2)15(8-11)20-3/h4-10H,16H2,1-3H3,(H,17,18). The second kappa shape index (κ2) is 6.14. The Morgan fingerprint density at radius 3 is 2.55 bits per heavy atom. The van der Waals surface area contributed by atoms with E-state index in [1.165, 1.54) is 0 Å². The van der Waals surface area contributed by atoms with Crippen LogP contribution in [-0.2, 0) is 0 Å². The number of nitrogen functional groups attached to an aromatic ring is 1. The van der Waals surface area contributed by atoms with Crippen molar-refractivity contribution in [1.29, 1.82) is 0 Å². The Labute approximate surface area is 118 Å². The minimum atomic E-state index is 0.0829. The van der Waals surface area contributed by atoms with Gasteiger partial charge in [0.05, 0.1) is 31.8 Å². The van der Waals surface area contributed by atoms with Gasteiger partial charge in [-0.1, -0.05) is 6.07 Å². The molecule has 1 aromatic carbocycles. The maximum atomic E-state index is 5.88. The first kappa shape index (κ1) is 14.0. The lowest BCUT2D eigenvalue weighted by Crippen LogP contribution is -2.09. The molecule has 1 atom stereocenters. The van der Waals surface area contributed by atoms with Crippen molar-refractivity contribution >= 4 is 11.4 Å². The van der Waals surface area contributed by atoms with E-state index < -0.39 is 0 Å². The molecule has 5 heteroatoms. The van der Waals surface area contributed by atoms with Crippen molar-refractivity contribution in [3.8, 4) is 11.5 Å². The van der Waals surface area contributed by atoms with Crippen molar-refractivity contribution in [3.05, 3.63) is 42.2 Å². The summed E-state index contributed by atoms with van der Waals surface area (Å²) in [7, 11) is 3.25. The lowest BCUT2D eigenvalue weighted by molar-refractivity contribution is 0.354. The van der Waals surface area contributed by atoms with Gasteiger partial charge in [0.25, 0.3) is 0 Å². The lowest BCUT2D eigenvalue weighted by atomic mass is 10.1. The largest absolute Gasteiger partial charge is 0.493 e. The Morgan fingerprint density at radius 2 is 1.90 bits per heavy atom. The molecule has 0 saturated carbocycles. The number of pyridine rings is 1. The van der Waals surface area contributed by atoms with E-state index in [1.807, 2.05) is 24.3 Å². The Kier molecular flexibility index (Phi) is 4.30. The van der Waals surface area contributed by atoms with Gasteiger partial charge < -0.3 is 20.5 Å². The number of benzene rings is 1. The molecule has 20 heavy (non-hydrogen) atoms. The SMILES string of the molecule is COc1ccc(C(C)Nc2ccncc2N)cc1OC. The Bertz CT molecular complexity index is 587. The summed E-state index contributed by atoms with van der Waals surface area (Å²) in [5.74, 6) is 1.42. The van der Waals surface area contributed by atoms with Crippen molar-refractivity contribution in [2.45, 2.75) is 13.0 Å². The first-order valence-corrected chi connectivity index (χ1v) is 6.33. The summed E-state index contributed by atoms with van der Waals surface area (Å²) in [6, 6.07) is 7.78. The van der Waals surface area contributed by atoms with Crippen LogP contribution in [0.4, 0.5) is 11.4 Å². The molecule has 1 heterocycles. The molecule has 5 nitrogen and oxygen atoms in total. The van der Waals surface area contributed by atoms with Crippen molar-refractivity contribution in [2.24, 2.45) is 0 Å². The van der Waals surface area contributed by atoms with E-state index in [0.29, 0.717) is 17.2 Å². The Balaban J connectivity index is 2.21. The number of rotatable bonds is 5. The van der Waals surface area contributed by atoms with Crippen LogP contribution < -0.4 is 20.5 Å². The van der Waals surface area contributed by atoms with Gasteiger partial charge >= 0.3 is 0 Å². The summed E-state index contributed by atoms with van der Waals surface area (Å²) in [5, 5.41) is 3.35. The van der Waals surface area contributed by atoms with Crippen molar-refractivity contribution in [3.63, 3.8) is 0 Å². The van der Waals surface area contributed by atoms with Crippen molar-refractivity contribution in [1.82, 2.24) is 4.98 Å². The number of anilines is 2. The van der Waals surface area contributed by atoms with Gasteiger partial charge in [0.1, 0.15) is 0 Å². The van der Waals surface area contributed by atoms with Gasteiger partial charge in [-0.25, -0.2) is 0 Å². The van der Waals surface area contributed by atoms with E-state index >= 15 is 0 Å². The number of nitrogens with two attached hydrogens (primary N) is 1. The lowest BCUT2D eigenvalue weighted by Gasteiger charge is -2.18. The molecular weight excluding hydrogens is 254 g/mol. The molecule has 1 aromatic heterocycles. The number of nitrogens with zero attached hydrogens (tertiary/aromatic N) is 1. The normalized spacial score (nSPS) is 11.8. The summed E-state index contributed by atoms with van der Waals surface area (Å²) < 4.78 is 10.5. The minimum absolute atomic E-state index is 0.0829. The van der Waals surface area contributed by atoms with Gasteiger partial charge in [0.2, 0.25) is 0 Å². The number of hydrogen-bond acceptors (Lipinski definition) is 5. The summed E-state index contributed by atoms with van der Waals surface area (Å²) >= 11 is 0. The fourth-order valence-electron chi connectivity index (χ4n) is 1.98. The van der Waals surface area contributed by atoms with Gasteiger partial charge in [0.15, 0.2) is 11.5 Å². The third kappa shape index (κ3) is 2.93. The molecule has 3 N–H and O–H groups in total. The molecular formula is C15H19N3O2. The predicted molar refractivity (Wildman–Crippen MR) is 80.2 cm³/mol. The molecule has 0 saturated heterocycles. The average molecular weight is 273 g/mol. The number of nitrogens with one attached hydrogen (secondary N) is 1. The van der Waals surface area contributed by atoms with Gasteiger partial charge in [-0.3, -0.25) is 4.98 Å². The second-order valence-corrected chi connectivity index (χ2v) is 4.44. The molecule has 2 rings (SSSR count). The smallest absolute Gasteiger partial charge is 0.161 e. The third-order valence-corrected chi connectivity index (χ3v) is 3.13. The highest BCUT2D eigenvalue weighted by Crippen LogP contribution is 2.31. The van der Waals surface area contributed by atoms with Crippen LogP contribution in [0.2, 0.25) is 0 Å². The molecule has 0 fully saturated rings. The molecule has 0 aliphatic carbocycles. The topological polar surface area (TPSA) is 69.4 Å². The van der Waals surface area contributed by atoms with E-state index in [0.717, 1.165) is 11.3 Å². The zero-order chi connectivity index (χ0) is 14.5. The highest BCUT2D eigenvalue weighted by Gasteiger charge is 2.11. The molecule has 0 radical (unpaired) electrons. The third-order valence-electron chi connectivity index (χ3n) is 3.13. The summed E-state index contributed by atoms with van der Waals surface area (Å²) in [5.41, 5.74) is 8.45. The zero-order valence-electron chi connectivity index (χ0n) is 11.9. The summed E-state index contributed by atoms with van der Waals surface area (Å²) in [4.78, 5) is 3.97. The van der Waals surface area contributed by atoms with Gasteiger partial charge in [-0.05, 0) is 30.7 Å². The quantitative estimate of drug-likeness (QED) is 0.876. The minimum Gasteiger partial charge on any atom is -0.493 e. The van der Waals surface area contributed by atoms with E-state index in [9.17, 15) is 0 Å². The number of ether oxygens (including phenoxy) is 2. The average Bonchev–Trinajstić information content (AvgIpc) is 2.48. The molecule has 0 bridgehead atoms. The van der Waals surface area contributed by atoms with Crippen LogP contribution in [0, 0.1) is 0 Å². The zero-order valence-corrected chi connectivity index (χ0v) is 11.9. The number of hydrogen-bond donors (Lipinski definition) is 2. The van der Waals surface area contributed by atoms with Gasteiger partial charge in [-0.15, -0.1) is 0 Å². The first-order chi connectivity index (χ1) is 9.65. The van der Waals surface area contributed by atoms with Gasteiger partial charge in [-0.2, -0.15) is 0 Å². The number of aromatic nitrogens is 1. The Morgan fingerprint density at radius 1 is 1.15 bits per heavy atom. The fourth-order valence-corrected chi connectivity index (χ4v) is 1.98. The second-order valence-electron chi connectivity index (χ2n) is 4.44. The highest BCUT2D eigenvalue weighted by atomic mass is 16.5. The van der Waals surface area contributed by atoms with Gasteiger partial charge in [0, 0.05) is 12.2 Å².